The Balaban J connectivity index is 1.56. The zero-order chi connectivity index (χ0) is 16.2. The van der Waals surface area contributed by atoms with Crippen molar-refractivity contribution in [3.63, 3.8) is 0 Å². The standard InChI is InChI=1S/C18H23NO3S/c1-12-6-8-14(9-7-12)23(21,22)16-5-3-2-4-15(16)19-17(20)18-10-13(18)11-18/h6-9,13,15-16H,2-5,10-11H2,1H3,(H,19,20)/t13?,15-,16-,18?/m1/s1. The molecule has 1 aromatic rings. The van der Waals surface area contributed by atoms with Crippen LogP contribution in [0.1, 0.15) is 44.1 Å². The summed E-state index contributed by atoms with van der Waals surface area (Å²) in [5.41, 5.74) is 0.945. The summed E-state index contributed by atoms with van der Waals surface area (Å²) in [7, 11) is -3.40. The average molecular weight is 333 g/mol. The molecule has 3 fully saturated rings. The van der Waals surface area contributed by atoms with E-state index in [4.69, 9.17) is 0 Å². The summed E-state index contributed by atoms with van der Waals surface area (Å²) in [6, 6.07) is 6.81. The van der Waals surface area contributed by atoms with Crippen molar-refractivity contribution >= 4 is 15.7 Å². The Morgan fingerprint density at radius 3 is 2.35 bits per heavy atom. The summed E-state index contributed by atoms with van der Waals surface area (Å²) in [6.07, 6.45) is 5.30. The Morgan fingerprint density at radius 1 is 1.13 bits per heavy atom. The Labute approximate surface area is 137 Å². The van der Waals surface area contributed by atoms with Gasteiger partial charge in [0.05, 0.1) is 15.6 Å². The van der Waals surface area contributed by atoms with Crippen molar-refractivity contribution in [3.8, 4) is 0 Å². The summed E-state index contributed by atoms with van der Waals surface area (Å²) in [6.45, 7) is 1.95. The number of amides is 1. The Kier molecular flexibility index (Phi) is 3.34. The molecule has 3 aliphatic carbocycles. The van der Waals surface area contributed by atoms with E-state index in [0.717, 1.165) is 37.7 Å². The van der Waals surface area contributed by atoms with Crippen molar-refractivity contribution in [2.24, 2.45) is 11.3 Å². The van der Waals surface area contributed by atoms with E-state index in [0.29, 0.717) is 17.2 Å². The van der Waals surface area contributed by atoms with Gasteiger partial charge in [0.25, 0.3) is 0 Å². The Morgan fingerprint density at radius 2 is 1.74 bits per heavy atom. The van der Waals surface area contributed by atoms with E-state index in [1.807, 2.05) is 19.1 Å². The summed E-state index contributed by atoms with van der Waals surface area (Å²) in [5, 5.41) is 2.59. The topological polar surface area (TPSA) is 63.2 Å². The molecule has 3 saturated carbocycles. The van der Waals surface area contributed by atoms with Gasteiger partial charge in [0.2, 0.25) is 5.91 Å². The molecule has 0 heterocycles. The molecule has 1 N–H and O–H groups in total. The monoisotopic (exact) mass is 333 g/mol. The van der Waals surface area contributed by atoms with E-state index < -0.39 is 15.1 Å². The van der Waals surface area contributed by atoms with Gasteiger partial charge in [-0.2, -0.15) is 0 Å². The van der Waals surface area contributed by atoms with E-state index in [2.05, 4.69) is 5.32 Å². The highest BCUT2D eigenvalue weighted by molar-refractivity contribution is 7.92. The average Bonchev–Trinajstić information content (AvgIpc) is 3.38. The molecule has 4 rings (SSSR count). The number of carbonyl (C=O) groups is 1. The van der Waals surface area contributed by atoms with Crippen molar-refractivity contribution in [2.75, 3.05) is 0 Å². The number of nitrogens with one attached hydrogen (secondary N) is 1. The lowest BCUT2D eigenvalue weighted by atomic mass is 9.94. The highest BCUT2D eigenvalue weighted by atomic mass is 32.2. The number of sulfone groups is 1. The molecule has 124 valence electrons. The van der Waals surface area contributed by atoms with Gasteiger partial charge in [-0.15, -0.1) is 0 Å². The molecule has 0 bridgehead atoms. The highest BCUT2D eigenvalue weighted by Gasteiger charge is 2.74. The number of benzene rings is 1. The number of hydrogen-bond donors (Lipinski definition) is 1. The van der Waals surface area contributed by atoms with Crippen LogP contribution >= 0.6 is 0 Å². The number of rotatable bonds is 4. The second-order valence-corrected chi connectivity index (χ2v) is 9.69. The van der Waals surface area contributed by atoms with Gasteiger partial charge in [-0.05, 0) is 50.7 Å². The number of carbonyl (C=O) groups excluding carboxylic acids is 1. The Bertz CT molecular complexity index is 732. The third kappa shape index (κ3) is 2.49. The predicted octanol–water partition coefficient (Wildman–Crippen LogP) is 2.61. The minimum absolute atomic E-state index is 0.0958. The number of fused-ring (bicyclic) bond motifs is 1. The molecule has 1 amide bonds. The van der Waals surface area contributed by atoms with Crippen molar-refractivity contribution in [2.45, 2.75) is 61.6 Å². The summed E-state index contributed by atoms with van der Waals surface area (Å²) >= 11 is 0. The maximum absolute atomic E-state index is 13.0. The van der Waals surface area contributed by atoms with Crippen LogP contribution < -0.4 is 5.32 Å². The lowest BCUT2D eigenvalue weighted by molar-refractivity contribution is -0.125. The van der Waals surface area contributed by atoms with Crippen LogP contribution in [0.25, 0.3) is 0 Å². The zero-order valence-electron chi connectivity index (χ0n) is 13.4. The molecule has 5 heteroatoms. The van der Waals surface area contributed by atoms with Gasteiger partial charge >= 0.3 is 0 Å². The lowest BCUT2D eigenvalue weighted by Crippen LogP contribution is -2.49. The normalized spacial score (nSPS) is 35.3. The van der Waals surface area contributed by atoms with Crippen molar-refractivity contribution < 1.29 is 13.2 Å². The molecular weight excluding hydrogens is 310 g/mol. The Hall–Kier alpha value is -1.36. The molecule has 3 aliphatic rings. The van der Waals surface area contributed by atoms with Gasteiger partial charge in [-0.1, -0.05) is 30.5 Å². The maximum Gasteiger partial charge on any atom is 0.226 e. The van der Waals surface area contributed by atoms with Crippen molar-refractivity contribution in [1.82, 2.24) is 5.32 Å². The first kappa shape index (κ1) is 15.2. The van der Waals surface area contributed by atoms with Gasteiger partial charge in [-0.25, -0.2) is 8.42 Å². The highest BCUT2D eigenvalue weighted by Crippen LogP contribution is 2.75. The molecule has 0 unspecified atom stereocenters. The van der Waals surface area contributed by atoms with Crippen LogP contribution in [0.5, 0.6) is 0 Å². The molecule has 0 aliphatic heterocycles. The van der Waals surface area contributed by atoms with Crippen LogP contribution in [-0.2, 0) is 14.6 Å². The second-order valence-electron chi connectivity index (χ2n) is 7.52. The molecule has 2 atom stereocenters. The van der Waals surface area contributed by atoms with Crippen LogP contribution in [0.4, 0.5) is 0 Å². The minimum atomic E-state index is -3.40. The summed E-state index contributed by atoms with van der Waals surface area (Å²) in [4.78, 5) is 12.8. The SMILES string of the molecule is Cc1ccc(S(=O)(=O)[C@@H]2CCCC[C@H]2NC(=O)C23CC2C3)cc1. The van der Waals surface area contributed by atoms with Crippen LogP contribution in [-0.4, -0.2) is 25.6 Å². The van der Waals surface area contributed by atoms with Gasteiger partial charge in [0.15, 0.2) is 9.84 Å². The van der Waals surface area contributed by atoms with E-state index >= 15 is 0 Å². The quantitative estimate of drug-likeness (QED) is 0.921. The van der Waals surface area contributed by atoms with Crippen LogP contribution in [0.3, 0.4) is 0 Å². The first-order chi connectivity index (χ1) is 10.9. The first-order valence-electron chi connectivity index (χ1n) is 8.55. The fraction of sp³-hybridized carbons (Fsp3) is 0.611. The van der Waals surface area contributed by atoms with E-state index in [1.165, 1.54) is 0 Å². The second kappa shape index (κ2) is 5.07. The van der Waals surface area contributed by atoms with Gasteiger partial charge in [-0.3, -0.25) is 4.79 Å². The molecule has 0 radical (unpaired) electrons. The molecule has 4 nitrogen and oxygen atoms in total. The first-order valence-corrected chi connectivity index (χ1v) is 10.1. The summed E-state index contributed by atoms with van der Waals surface area (Å²) < 4.78 is 26.0. The molecule has 23 heavy (non-hydrogen) atoms. The van der Waals surface area contributed by atoms with Crippen molar-refractivity contribution in [1.29, 1.82) is 0 Å². The fourth-order valence-electron chi connectivity index (χ4n) is 3.92. The molecule has 0 saturated heterocycles. The largest absolute Gasteiger partial charge is 0.352 e. The third-order valence-electron chi connectivity index (χ3n) is 5.90. The molecule has 1 aromatic carbocycles. The van der Waals surface area contributed by atoms with Crippen LogP contribution in [0.2, 0.25) is 0 Å². The number of hydrogen-bond acceptors (Lipinski definition) is 3. The van der Waals surface area contributed by atoms with Crippen LogP contribution in [0.15, 0.2) is 29.2 Å². The fourth-order valence-corrected chi connectivity index (χ4v) is 5.90. The molecular formula is C18H23NO3S. The van der Waals surface area contributed by atoms with Gasteiger partial charge in [0.1, 0.15) is 0 Å². The van der Waals surface area contributed by atoms with Crippen molar-refractivity contribution in [3.05, 3.63) is 29.8 Å². The predicted molar refractivity (Wildman–Crippen MR) is 87.7 cm³/mol. The van der Waals surface area contributed by atoms with Gasteiger partial charge < -0.3 is 5.32 Å². The molecule has 0 spiro atoms. The minimum Gasteiger partial charge on any atom is -0.352 e. The van der Waals surface area contributed by atoms with Crippen LogP contribution in [0, 0.1) is 18.3 Å². The maximum atomic E-state index is 13.0. The lowest BCUT2D eigenvalue weighted by Gasteiger charge is -2.32. The van der Waals surface area contributed by atoms with E-state index in [-0.39, 0.29) is 17.4 Å². The van der Waals surface area contributed by atoms with Gasteiger partial charge in [0, 0.05) is 6.04 Å². The molecule has 0 aromatic heterocycles. The summed E-state index contributed by atoms with van der Waals surface area (Å²) in [5.74, 6) is 0.678. The zero-order valence-corrected chi connectivity index (χ0v) is 14.2. The smallest absolute Gasteiger partial charge is 0.226 e. The third-order valence-corrected chi connectivity index (χ3v) is 8.19. The van der Waals surface area contributed by atoms with E-state index in [9.17, 15) is 13.2 Å². The van der Waals surface area contributed by atoms with E-state index in [1.54, 1.807) is 12.1 Å². The number of aryl methyl sites for hydroxylation is 1.